The van der Waals surface area contributed by atoms with Crippen LogP contribution in [0.5, 0.6) is 0 Å². The highest BCUT2D eigenvalue weighted by atomic mass is 31.2. The third-order valence-corrected chi connectivity index (χ3v) is 5.08. The number of benzene rings is 1. The van der Waals surface area contributed by atoms with Crippen molar-refractivity contribution in [2.24, 2.45) is 11.3 Å². The van der Waals surface area contributed by atoms with Gasteiger partial charge in [0.05, 0.1) is 0 Å². The van der Waals surface area contributed by atoms with Crippen LogP contribution in [0.2, 0.25) is 0 Å². The molecular weight excluding hydrogens is 311 g/mol. The highest BCUT2D eigenvalue weighted by molar-refractivity contribution is 7.46. The molecule has 0 radical (unpaired) electrons. The molecule has 0 amide bonds. The van der Waals surface area contributed by atoms with E-state index in [1.54, 1.807) is 0 Å². The maximum atomic E-state index is 11.8. The Morgan fingerprint density at radius 1 is 1.13 bits per heavy atom. The van der Waals surface area contributed by atoms with E-state index in [1.807, 2.05) is 51.1 Å². The van der Waals surface area contributed by atoms with Crippen molar-refractivity contribution >= 4 is 7.82 Å². The second-order valence-electron chi connectivity index (χ2n) is 7.18. The Labute approximate surface area is 140 Å². The van der Waals surface area contributed by atoms with Crippen LogP contribution in [-0.4, -0.2) is 9.79 Å². The largest absolute Gasteiger partial charge is 0.470 e. The molecule has 2 unspecified atom stereocenters. The van der Waals surface area contributed by atoms with Gasteiger partial charge in [-0.1, -0.05) is 84.2 Å². The van der Waals surface area contributed by atoms with Crippen LogP contribution in [0, 0.1) is 11.3 Å². The predicted molar refractivity (Wildman–Crippen MR) is 94.0 cm³/mol. The molecule has 0 saturated heterocycles. The molecule has 1 aromatic rings. The summed E-state index contributed by atoms with van der Waals surface area (Å²) in [4.78, 5) is 19.3. The molecule has 23 heavy (non-hydrogen) atoms. The first-order valence-corrected chi connectivity index (χ1v) is 9.93. The van der Waals surface area contributed by atoms with Gasteiger partial charge in [-0.05, 0) is 23.3 Å². The van der Waals surface area contributed by atoms with E-state index in [2.05, 4.69) is 13.8 Å². The van der Waals surface area contributed by atoms with E-state index in [0.29, 0.717) is 0 Å². The van der Waals surface area contributed by atoms with Crippen LogP contribution in [0.3, 0.4) is 0 Å². The maximum Gasteiger partial charge on any atom is 0.470 e. The van der Waals surface area contributed by atoms with Crippen molar-refractivity contribution < 1.29 is 18.9 Å². The molecule has 2 N–H and O–H groups in total. The van der Waals surface area contributed by atoms with Crippen LogP contribution in [0.4, 0.5) is 0 Å². The van der Waals surface area contributed by atoms with Gasteiger partial charge in [0.25, 0.3) is 0 Å². The Hall–Kier alpha value is -0.670. The lowest BCUT2D eigenvalue weighted by molar-refractivity contribution is -0.108. The Kier molecular flexibility index (Phi) is 7.03. The third-order valence-electron chi connectivity index (χ3n) is 4.55. The normalized spacial score (nSPS) is 16.8. The van der Waals surface area contributed by atoms with Gasteiger partial charge in [-0.15, -0.1) is 0 Å². The van der Waals surface area contributed by atoms with Crippen LogP contribution in [0.25, 0.3) is 0 Å². The number of hydrogen-bond acceptors (Lipinski definition) is 2. The van der Waals surface area contributed by atoms with Gasteiger partial charge in [-0.25, -0.2) is 4.57 Å². The summed E-state index contributed by atoms with van der Waals surface area (Å²) in [5, 5.41) is 0. The fourth-order valence-electron chi connectivity index (χ4n) is 3.56. The van der Waals surface area contributed by atoms with Gasteiger partial charge >= 0.3 is 7.82 Å². The Morgan fingerprint density at radius 2 is 1.70 bits per heavy atom. The molecule has 0 bridgehead atoms. The molecule has 1 rings (SSSR count). The lowest BCUT2D eigenvalue weighted by Gasteiger charge is -2.49. The molecule has 5 heteroatoms. The molecule has 0 spiro atoms. The first-order chi connectivity index (χ1) is 10.6. The summed E-state index contributed by atoms with van der Waals surface area (Å²) in [6, 6.07) is 9.52. The van der Waals surface area contributed by atoms with Gasteiger partial charge < -0.3 is 9.79 Å². The van der Waals surface area contributed by atoms with Gasteiger partial charge in [-0.3, -0.25) is 4.52 Å². The van der Waals surface area contributed by atoms with Gasteiger partial charge in [0, 0.05) is 0 Å². The van der Waals surface area contributed by atoms with Crippen LogP contribution < -0.4 is 0 Å². The molecule has 0 aliphatic rings. The van der Waals surface area contributed by atoms with Crippen molar-refractivity contribution in [1.82, 2.24) is 0 Å². The topological polar surface area (TPSA) is 66.8 Å². The highest BCUT2D eigenvalue weighted by Gasteiger charge is 2.53. The monoisotopic (exact) mass is 342 g/mol. The molecule has 132 valence electrons. The molecule has 0 aliphatic heterocycles. The summed E-state index contributed by atoms with van der Waals surface area (Å²) < 4.78 is 17.4. The van der Waals surface area contributed by atoms with Crippen molar-refractivity contribution in [3.8, 4) is 0 Å². The van der Waals surface area contributed by atoms with Gasteiger partial charge in [0.2, 0.25) is 0 Å². The van der Waals surface area contributed by atoms with Gasteiger partial charge in [0.15, 0.2) is 0 Å². The van der Waals surface area contributed by atoms with Crippen LogP contribution >= 0.6 is 7.82 Å². The fourth-order valence-corrected chi connectivity index (χ4v) is 4.47. The molecule has 0 fully saturated rings. The summed E-state index contributed by atoms with van der Waals surface area (Å²) >= 11 is 0. The molecule has 1 aromatic carbocycles. The molecule has 0 saturated carbocycles. The summed E-state index contributed by atoms with van der Waals surface area (Å²) in [7, 11) is -4.65. The molecule has 2 atom stereocenters. The second kappa shape index (κ2) is 7.94. The standard InChI is InChI=1S/C18H31O4P/c1-6-8-12-15(7-2)18(17(3,4)5,22-23(19,20)21)16-13-10-9-11-14-16/h9-11,13-15H,6-8,12H2,1-5H3,(H2,19,20,21). The SMILES string of the molecule is CCCCC(CC)C(OP(=O)(O)O)(c1ccccc1)C(C)(C)C. The lowest BCUT2D eigenvalue weighted by atomic mass is 9.63. The Bertz CT molecular complexity index is 518. The Morgan fingerprint density at radius 3 is 2.09 bits per heavy atom. The number of rotatable bonds is 8. The molecule has 4 nitrogen and oxygen atoms in total. The first-order valence-electron chi connectivity index (χ1n) is 8.40. The number of unbranched alkanes of at least 4 members (excludes halogenated alkanes) is 1. The lowest BCUT2D eigenvalue weighted by Crippen LogP contribution is -2.48. The van der Waals surface area contributed by atoms with Crippen molar-refractivity contribution in [3.05, 3.63) is 35.9 Å². The summed E-state index contributed by atoms with van der Waals surface area (Å²) in [6.45, 7) is 10.2. The van der Waals surface area contributed by atoms with E-state index in [1.165, 1.54) is 0 Å². The number of phosphoric ester groups is 1. The van der Waals surface area contributed by atoms with E-state index < -0.39 is 18.8 Å². The Balaban J connectivity index is 3.55. The van der Waals surface area contributed by atoms with Crippen molar-refractivity contribution in [1.29, 1.82) is 0 Å². The predicted octanol–water partition coefficient (Wildman–Crippen LogP) is 5.25. The molecule has 0 heterocycles. The zero-order valence-corrected chi connectivity index (χ0v) is 15.8. The van der Waals surface area contributed by atoms with Crippen LogP contribution in [-0.2, 0) is 14.7 Å². The van der Waals surface area contributed by atoms with Crippen molar-refractivity contribution in [2.45, 2.75) is 65.9 Å². The quantitative estimate of drug-likeness (QED) is 0.633. The summed E-state index contributed by atoms with van der Waals surface area (Å²) in [6.07, 6.45) is 3.72. The smallest absolute Gasteiger partial charge is 0.303 e. The highest BCUT2D eigenvalue weighted by Crippen LogP contribution is 2.58. The fraction of sp³-hybridized carbons (Fsp3) is 0.667. The van der Waals surface area contributed by atoms with Crippen molar-refractivity contribution in [2.75, 3.05) is 0 Å². The minimum absolute atomic E-state index is 0.0254. The molecule has 0 aromatic heterocycles. The molecular formula is C18H31O4P. The summed E-state index contributed by atoms with van der Waals surface area (Å²) in [5.74, 6) is 0.0254. The average Bonchev–Trinajstić information content (AvgIpc) is 2.45. The number of phosphoric acid groups is 1. The van der Waals surface area contributed by atoms with E-state index in [4.69, 9.17) is 4.52 Å². The zero-order chi connectivity index (χ0) is 17.7. The number of hydrogen-bond donors (Lipinski definition) is 2. The van der Waals surface area contributed by atoms with E-state index in [-0.39, 0.29) is 5.92 Å². The van der Waals surface area contributed by atoms with E-state index in [9.17, 15) is 14.4 Å². The zero-order valence-electron chi connectivity index (χ0n) is 15.0. The van der Waals surface area contributed by atoms with E-state index >= 15 is 0 Å². The van der Waals surface area contributed by atoms with Gasteiger partial charge in [0.1, 0.15) is 5.60 Å². The maximum absolute atomic E-state index is 11.8. The summed E-state index contributed by atoms with van der Waals surface area (Å²) in [5.41, 5.74) is -0.667. The minimum atomic E-state index is -4.65. The van der Waals surface area contributed by atoms with Crippen LogP contribution in [0.1, 0.15) is 65.9 Å². The third kappa shape index (κ3) is 4.90. The van der Waals surface area contributed by atoms with Gasteiger partial charge in [-0.2, -0.15) is 0 Å². The second-order valence-corrected chi connectivity index (χ2v) is 8.34. The first kappa shape index (κ1) is 20.4. The average molecular weight is 342 g/mol. The van der Waals surface area contributed by atoms with Crippen LogP contribution in [0.15, 0.2) is 30.3 Å². The minimum Gasteiger partial charge on any atom is -0.303 e. The van der Waals surface area contributed by atoms with Crippen molar-refractivity contribution in [3.63, 3.8) is 0 Å². The molecule has 0 aliphatic carbocycles. The van der Waals surface area contributed by atoms with E-state index in [0.717, 1.165) is 31.2 Å².